The molecule has 0 saturated heterocycles. The topological polar surface area (TPSA) is 17.1 Å². The van der Waals surface area contributed by atoms with Gasteiger partial charge in [0.25, 0.3) is 0 Å². The summed E-state index contributed by atoms with van der Waals surface area (Å²) in [6.45, 7) is 4.29. The Labute approximate surface area is 150 Å². The highest BCUT2D eigenvalue weighted by atomic mass is 16.1. The summed E-state index contributed by atoms with van der Waals surface area (Å²) in [6.07, 6.45) is 0. The average molecular weight is 328 g/mol. The van der Waals surface area contributed by atoms with Crippen LogP contribution in [0.15, 0.2) is 91.0 Å². The van der Waals surface area contributed by atoms with E-state index in [0.29, 0.717) is 0 Å². The number of hydrogen-bond acceptors (Lipinski definition) is 1. The monoisotopic (exact) mass is 328 g/mol. The van der Waals surface area contributed by atoms with Crippen molar-refractivity contribution in [3.63, 3.8) is 0 Å². The van der Waals surface area contributed by atoms with Gasteiger partial charge in [-0.25, -0.2) is 0 Å². The Hall–Kier alpha value is -2.67. The number of Topliss-reactive ketones (excluding diaryl/α,β-unsaturated/α-hetero) is 1. The van der Waals surface area contributed by atoms with Gasteiger partial charge in [-0.05, 0) is 17.0 Å². The first-order chi connectivity index (χ1) is 12.2. The number of benzene rings is 3. The molecule has 0 aliphatic rings. The molecule has 0 heterocycles. The van der Waals surface area contributed by atoms with Gasteiger partial charge in [0.2, 0.25) is 0 Å². The molecule has 0 spiro atoms. The predicted octanol–water partition coefficient (Wildman–Crippen LogP) is 5.97. The molecule has 0 aliphatic heterocycles. The highest BCUT2D eigenvalue weighted by Gasteiger charge is 2.33. The standard InChI is InChI=1S/C24H24O/c1-18(2)22(24(25)21-16-10-5-11-17-21)23(19-12-6-3-7-13-19)20-14-8-4-9-15-20/h3-18,22-23H,1-2H3. The van der Waals surface area contributed by atoms with Gasteiger partial charge in [0, 0.05) is 17.4 Å². The number of carbonyl (C=O) groups is 1. The molecule has 0 N–H and O–H groups in total. The molecule has 126 valence electrons. The summed E-state index contributed by atoms with van der Waals surface area (Å²) < 4.78 is 0. The van der Waals surface area contributed by atoms with Gasteiger partial charge in [-0.2, -0.15) is 0 Å². The van der Waals surface area contributed by atoms with Crippen LogP contribution in [0.25, 0.3) is 0 Å². The fraction of sp³-hybridized carbons (Fsp3) is 0.208. The largest absolute Gasteiger partial charge is 0.294 e. The summed E-state index contributed by atoms with van der Waals surface area (Å²) in [7, 11) is 0. The Morgan fingerprint density at radius 1 is 0.640 bits per heavy atom. The third-order valence-corrected chi connectivity index (χ3v) is 4.76. The summed E-state index contributed by atoms with van der Waals surface area (Å²) in [6, 6.07) is 30.4. The van der Waals surface area contributed by atoms with Crippen LogP contribution >= 0.6 is 0 Å². The van der Waals surface area contributed by atoms with E-state index in [2.05, 4.69) is 62.4 Å². The fourth-order valence-electron chi connectivity index (χ4n) is 3.56. The smallest absolute Gasteiger partial charge is 0.167 e. The Morgan fingerprint density at radius 3 is 1.44 bits per heavy atom. The van der Waals surface area contributed by atoms with Crippen LogP contribution in [0, 0.1) is 11.8 Å². The van der Waals surface area contributed by atoms with Gasteiger partial charge in [0.1, 0.15) is 0 Å². The highest BCUT2D eigenvalue weighted by molar-refractivity contribution is 5.98. The summed E-state index contributed by atoms with van der Waals surface area (Å²) in [5.41, 5.74) is 3.17. The molecule has 0 amide bonds. The van der Waals surface area contributed by atoms with Crippen molar-refractivity contribution in [3.8, 4) is 0 Å². The first-order valence-electron chi connectivity index (χ1n) is 8.87. The third kappa shape index (κ3) is 3.88. The molecule has 3 rings (SSSR count). The lowest BCUT2D eigenvalue weighted by atomic mass is 9.72. The van der Waals surface area contributed by atoms with Crippen LogP contribution in [0.2, 0.25) is 0 Å². The number of rotatable bonds is 6. The lowest BCUT2D eigenvalue weighted by molar-refractivity contribution is 0.0870. The quantitative estimate of drug-likeness (QED) is 0.509. The first kappa shape index (κ1) is 17.2. The Balaban J connectivity index is 2.10. The summed E-state index contributed by atoms with van der Waals surface area (Å²) >= 11 is 0. The van der Waals surface area contributed by atoms with Crippen molar-refractivity contribution >= 4 is 5.78 Å². The molecule has 1 heteroatoms. The molecule has 3 aromatic carbocycles. The maximum absolute atomic E-state index is 13.4. The van der Waals surface area contributed by atoms with Gasteiger partial charge in [0.05, 0.1) is 0 Å². The second-order valence-electron chi connectivity index (χ2n) is 6.80. The number of carbonyl (C=O) groups excluding carboxylic acids is 1. The normalized spacial score (nSPS) is 12.3. The van der Waals surface area contributed by atoms with Gasteiger partial charge in [-0.3, -0.25) is 4.79 Å². The average Bonchev–Trinajstić information content (AvgIpc) is 2.67. The van der Waals surface area contributed by atoms with Gasteiger partial charge < -0.3 is 0 Å². The van der Waals surface area contributed by atoms with Crippen molar-refractivity contribution in [1.29, 1.82) is 0 Å². The lowest BCUT2D eigenvalue weighted by Crippen LogP contribution is -2.28. The zero-order chi connectivity index (χ0) is 17.6. The second-order valence-corrected chi connectivity index (χ2v) is 6.80. The molecule has 0 fully saturated rings. The molecule has 25 heavy (non-hydrogen) atoms. The van der Waals surface area contributed by atoms with Crippen LogP contribution in [0.4, 0.5) is 0 Å². The van der Waals surface area contributed by atoms with E-state index < -0.39 is 0 Å². The Kier molecular flexibility index (Phi) is 5.45. The lowest BCUT2D eigenvalue weighted by Gasteiger charge is -2.30. The minimum atomic E-state index is -0.104. The van der Waals surface area contributed by atoms with Gasteiger partial charge >= 0.3 is 0 Å². The molecule has 0 saturated carbocycles. The molecule has 1 nitrogen and oxygen atoms in total. The molecule has 0 bridgehead atoms. The molecule has 0 aromatic heterocycles. The summed E-state index contributed by atoms with van der Waals surface area (Å²) in [4.78, 5) is 13.4. The maximum atomic E-state index is 13.4. The zero-order valence-corrected chi connectivity index (χ0v) is 14.8. The van der Waals surface area contributed by atoms with E-state index in [4.69, 9.17) is 0 Å². The van der Waals surface area contributed by atoms with E-state index in [1.165, 1.54) is 11.1 Å². The van der Waals surface area contributed by atoms with E-state index in [9.17, 15) is 4.79 Å². The molecule has 0 aliphatic carbocycles. The summed E-state index contributed by atoms with van der Waals surface area (Å²) in [5.74, 6) is 0.397. The van der Waals surface area contributed by atoms with Crippen LogP contribution in [0.1, 0.15) is 41.3 Å². The molecular formula is C24H24O. The summed E-state index contributed by atoms with van der Waals surface area (Å²) in [5, 5.41) is 0. The zero-order valence-electron chi connectivity index (χ0n) is 14.8. The minimum Gasteiger partial charge on any atom is -0.294 e. The van der Waals surface area contributed by atoms with Crippen LogP contribution < -0.4 is 0 Å². The number of hydrogen-bond donors (Lipinski definition) is 0. The van der Waals surface area contributed by atoms with Crippen molar-refractivity contribution in [2.24, 2.45) is 11.8 Å². The maximum Gasteiger partial charge on any atom is 0.167 e. The fourth-order valence-corrected chi connectivity index (χ4v) is 3.56. The Bertz CT molecular complexity index is 752. The number of ketones is 1. The van der Waals surface area contributed by atoms with Crippen molar-refractivity contribution in [1.82, 2.24) is 0 Å². The molecule has 1 unspecified atom stereocenters. The van der Waals surface area contributed by atoms with E-state index in [-0.39, 0.29) is 23.5 Å². The van der Waals surface area contributed by atoms with Gasteiger partial charge in [-0.15, -0.1) is 0 Å². The first-order valence-corrected chi connectivity index (χ1v) is 8.87. The van der Waals surface area contributed by atoms with Crippen molar-refractivity contribution in [3.05, 3.63) is 108 Å². The van der Waals surface area contributed by atoms with Crippen molar-refractivity contribution in [2.45, 2.75) is 19.8 Å². The van der Waals surface area contributed by atoms with Gasteiger partial charge in [-0.1, -0.05) is 105 Å². The van der Waals surface area contributed by atoms with Crippen LogP contribution in [-0.2, 0) is 0 Å². The van der Waals surface area contributed by atoms with Crippen LogP contribution in [0.3, 0.4) is 0 Å². The van der Waals surface area contributed by atoms with E-state index in [0.717, 1.165) is 5.56 Å². The Morgan fingerprint density at radius 2 is 1.04 bits per heavy atom. The molecule has 3 aromatic rings. The van der Waals surface area contributed by atoms with Crippen LogP contribution in [-0.4, -0.2) is 5.78 Å². The van der Waals surface area contributed by atoms with Crippen molar-refractivity contribution in [2.75, 3.05) is 0 Å². The third-order valence-electron chi connectivity index (χ3n) is 4.76. The highest BCUT2D eigenvalue weighted by Crippen LogP contribution is 2.38. The van der Waals surface area contributed by atoms with Crippen LogP contribution in [0.5, 0.6) is 0 Å². The molecule has 1 atom stereocenters. The predicted molar refractivity (Wildman–Crippen MR) is 104 cm³/mol. The van der Waals surface area contributed by atoms with E-state index in [1.807, 2.05) is 42.5 Å². The van der Waals surface area contributed by atoms with Crippen molar-refractivity contribution < 1.29 is 4.79 Å². The molecule has 0 radical (unpaired) electrons. The van der Waals surface area contributed by atoms with E-state index >= 15 is 0 Å². The second kappa shape index (κ2) is 7.94. The van der Waals surface area contributed by atoms with E-state index in [1.54, 1.807) is 0 Å². The van der Waals surface area contributed by atoms with Gasteiger partial charge in [0.15, 0.2) is 5.78 Å². The SMILES string of the molecule is CC(C)C(C(=O)c1ccccc1)C(c1ccccc1)c1ccccc1. The minimum absolute atomic E-state index is 0.0510. The molecular weight excluding hydrogens is 304 g/mol.